The molecule has 0 saturated heterocycles. The fraction of sp³-hybridized carbons (Fsp3) is 0.556. The molecule has 2 heterocycles. The molecule has 0 aliphatic heterocycles. The monoisotopic (exact) mass is 319 g/mol. The molecule has 1 fully saturated rings. The fourth-order valence-electron chi connectivity index (χ4n) is 3.23. The van der Waals surface area contributed by atoms with Crippen molar-refractivity contribution in [3.05, 3.63) is 44.8 Å². The maximum Gasteiger partial charge on any atom is 0.0463 e. The van der Waals surface area contributed by atoms with E-state index in [1.807, 2.05) is 22.7 Å². The molecule has 21 heavy (non-hydrogen) atoms. The molecule has 1 atom stereocenters. The lowest BCUT2D eigenvalue weighted by Crippen LogP contribution is -2.30. The minimum absolute atomic E-state index is 0.489. The second-order valence-electron chi connectivity index (χ2n) is 6.39. The SMILES string of the molecule is CC1CCC(CNC(Cc2cccs2)c2cccs2)CC1. The standard InChI is InChI=1S/C18H25NS2/c1-14-6-8-15(9-7-14)13-19-17(18-5-3-11-21-18)12-16-4-2-10-20-16/h2-5,10-11,14-15,17,19H,6-9,12-13H2,1H3. The van der Waals surface area contributed by atoms with Gasteiger partial charge in [0.15, 0.2) is 0 Å². The summed E-state index contributed by atoms with van der Waals surface area (Å²) in [7, 11) is 0. The zero-order valence-electron chi connectivity index (χ0n) is 12.8. The second-order valence-corrected chi connectivity index (χ2v) is 8.40. The van der Waals surface area contributed by atoms with E-state index in [1.165, 1.54) is 42.0 Å². The van der Waals surface area contributed by atoms with Crippen LogP contribution in [0.4, 0.5) is 0 Å². The summed E-state index contributed by atoms with van der Waals surface area (Å²) in [6.45, 7) is 3.58. The Hall–Kier alpha value is -0.640. The van der Waals surface area contributed by atoms with Crippen molar-refractivity contribution in [2.75, 3.05) is 6.54 Å². The van der Waals surface area contributed by atoms with Gasteiger partial charge in [-0.15, -0.1) is 22.7 Å². The van der Waals surface area contributed by atoms with Gasteiger partial charge in [0.25, 0.3) is 0 Å². The smallest absolute Gasteiger partial charge is 0.0463 e. The molecule has 2 aromatic heterocycles. The van der Waals surface area contributed by atoms with Crippen LogP contribution in [0.25, 0.3) is 0 Å². The van der Waals surface area contributed by atoms with Gasteiger partial charge in [-0.2, -0.15) is 0 Å². The average molecular weight is 320 g/mol. The molecule has 1 aliphatic carbocycles. The lowest BCUT2D eigenvalue weighted by Gasteiger charge is -2.28. The van der Waals surface area contributed by atoms with Crippen LogP contribution in [0.15, 0.2) is 35.0 Å². The number of nitrogens with one attached hydrogen (secondary N) is 1. The van der Waals surface area contributed by atoms with E-state index < -0.39 is 0 Å². The molecule has 0 aromatic carbocycles. The molecule has 114 valence electrons. The van der Waals surface area contributed by atoms with Gasteiger partial charge in [0, 0.05) is 22.2 Å². The highest BCUT2D eigenvalue weighted by Crippen LogP contribution is 2.29. The van der Waals surface area contributed by atoms with Crippen molar-refractivity contribution in [2.45, 2.75) is 45.1 Å². The van der Waals surface area contributed by atoms with E-state index in [0.29, 0.717) is 6.04 Å². The molecule has 0 bridgehead atoms. The van der Waals surface area contributed by atoms with Crippen LogP contribution in [0.3, 0.4) is 0 Å². The molecule has 3 heteroatoms. The van der Waals surface area contributed by atoms with E-state index in [9.17, 15) is 0 Å². The Bertz CT molecular complexity index is 495. The van der Waals surface area contributed by atoms with Gasteiger partial charge in [-0.3, -0.25) is 0 Å². The van der Waals surface area contributed by atoms with E-state index >= 15 is 0 Å². The Kier molecular flexibility index (Phi) is 5.50. The highest BCUT2D eigenvalue weighted by atomic mass is 32.1. The Morgan fingerprint density at radius 1 is 1.10 bits per heavy atom. The van der Waals surface area contributed by atoms with Gasteiger partial charge in [-0.1, -0.05) is 31.9 Å². The lowest BCUT2D eigenvalue weighted by atomic mass is 9.83. The molecular formula is C18H25NS2. The highest BCUT2D eigenvalue weighted by molar-refractivity contribution is 7.10. The Labute approximate surface area is 136 Å². The third-order valence-corrected chi connectivity index (χ3v) is 6.55. The summed E-state index contributed by atoms with van der Waals surface area (Å²) in [6.07, 6.45) is 6.78. The van der Waals surface area contributed by atoms with E-state index in [-0.39, 0.29) is 0 Å². The maximum absolute atomic E-state index is 3.86. The topological polar surface area (TPSA) is 12.0 Å². The van der Waals surface area contributed by atoms with E-state index in [4.69, 9.17) is 0 Å². The molecule has 0 radical (unpaired) electrons. The second kappa shape index (κ2) is 7.57. The fourth-order valence-corrected chi connectivity index (χ4v) is 4.79. The van der Waals surface area contributed by atoms with Gasteiger partial charge >= 0.3 is 0 Å². The third-order valence-electron chi connectivity index (χ3n) is 4.66. The zero-order valence-corrected chi connectivity index (χ0v) is 14.4. The summed E-state index contributed by atoms with van der Waals surface area (Å²) >= 11 is 3.76. The third kappa shape index (κ3) is 4.41. The molecule has 2 aromatic rings. The number of hydrogen-bond acceptors (Lipinski definition) is 3. The predicted molar refractivity (Wildman–Crippen MR) is 94.2 cm³/mol. The zero-order chi connectivity index (χ0) is 14.5. The van der Waals surface area contributed by atoms with Crippen molar-refractivity contribution in [1.82, 2.24) is 5.32 Å². The van der Waals surface area contributed by atoms with Gasteiger partial charge in [0.05, 0.1) is 0 Å². The first-order valence-corrected chi connectivity index (χ1v) is 9.86. The molecule has 1 saturated carbocycles. The number of rotatable bonds is 6. The van der Waals surface area contributed by atoms with Gasteiger partial charge < -0.3 is 5.32 Å². The van der Waals surface area contributed by atoms with Gasteiger partial charge in [-0.25, -0.2) is 0 Å². The lowest BCUT2D eigenvalue weighted by molar-refractivity contribution is 0.274. The van der Waals surface area contributed by atoms with Crippen LogP contribution in [0.5, 0.6) is 0 Å². The average Bonchev–Trinajstić information content (AvgIpc) is 3.18. The van der Waals surface area contributed by atoms with Crippen LogP contribution in [0, 0.1) is 11.8 Å². The van der Waals surface area contributed by atoms with Crippen LogP contribution < -0.4 is 5.32 Å². The van der Waals surface area contributed by atoms with Crippen LogP contribution in [-0.4, -0.2) is 6.54 Å². The largest absolute Gasteiger partial charge is 0.309 e. The van der Waals surface area contributed by atoms with Crippen molar-refractivity contribution in [3.63, 3.8) is 0 Å². The van der Waals surface area contributed by atoms with Gasteiger partial charge in [0.1, 0.15) is 0 Å². The van der Waals surface area contributed by atoms with Crippen molar-refractivity contribution in [2.24, 2.45) is 11.8 Å². The minimum Gasteiger partial charge on any atom is -0.309 e. The van der Waals surface area contributed by atoms with Crippen LogP contribution in [-0.2, 0) is 6.42 Å². The summed E-state index contributed by atoms with van der Waals surface area (Å²) in [5.41, 5.74) is 0. The molecule has 0 amide bonds. The highest BCUT2D eigenvalue weighted by Gasteiger charge is 2.20. The summed E-state index contributed by atoms with van der Waals surface area (Å²) in [6, 6.07) is 9.36. The normalized spacial score (nSPS) is 24.0. The molecule has 1 N–H and O–H groups in total. The van der Waals surface area contributed by atoms with Crippen molar-refractivity contribution in [3.8, 4) is 0 Å². The van der Waals surface area contributed by atoms with Crippen LogP contribution in [0.2, 0.25) is 0 Å². The molecule has 1 nitrogen and oxygen atoms in total. The minimum atomic E-state index is 0.489. The first-order valence-electron chi connectivity index (χ1n) is 8.10. The first kappa shape index (κ1) is 15.3. The molecule has 1 unspecified atom stereocenters. The van der Waals surface area contributed by atoms with Crippen molar-refractivity contribution >= 4 is 22.7 Å². The number of thiophene rings is 2. The summed E-state index contributed by atoms with van der Waals surface area (Å²) < 4.78 is 0. The van der Waals surface area contributed by atoms with E-state index in [0.717, 1.165) is 18.3 Å². The van der Waals surface area contributed by atoms with Crippen molar-refractivity contribution in [1.29, 1.82) is 0 Å². The van der Waals surface area contributed by atoms with Gasteiger partial charge in [-0.05, 0) is 54.1 Å². The first-order chi connectivity index (χ1) is 10.3. The summed E-state index contributed by atoms with van der Waals surface area (Å²) in [5.74, 6) is 1.83. The predicted octanol–water partition coefficient (Wildman–Crippen LogP) is 5.51. The summed E-state index contributed by atoms with van der Waals surface area (Å²) in [5, 5.41) is 8.24. The van der Waals surface area contributed by atoms with Crippen LogP contribution >= 0.6 is 22.7 Å². The van der Waals surface area contributed by atoms with Crippen molar-refractivity contribution < 1.29 is 0 Å². The molecular weight excluding hydrogens is 294 g/mol. The molecule has 3 rings (SSSR count). The Morgan fingerprint density at radius 2 is 1.86 bits per heavy atom. The number of hydrogen-bond donors (Lipinski definition) is 1. The van der Waals surface area contributed by atoms with Crippen LogP contribution in [0.1, 0.15) is 48.4 Å². The maximum atomic E-state index is 3.86. The quantitative estimate of drug-likeness (QED) is 0.740. The van der Waals surface area contributed by atoms with Gasteiger partial charge in [0.2, 0.25) is 0 Å². The summed E-state index contributed by atoms with van der Waals surface area (Å²) in [4.78, 5) is 2.96. The Morgan fingerprint density at radius 3 is 2.52 bits per heavy atom. The van der Waals surface area contributed by atoms with E-state index in [2.05, 4.69) is 47.3 Å². The molecule has 0 spiro atoms. The molecule has 1 aliphatic rings. The van der Waals surface area contributed by atoms with E-state index in [1.54, 1.807) is 0 Å². The Balaban J connectivity index is 1.57.